The van der Waals surface area contributed by atoms with Gasteiger partial charge >= 0.3 is 0 Å². The average molecular weight is 824 g/mol. The third kappa shape index (κ3) is 7.62. The van der Waals surface area contributed by atoms with Crippen LogP contribution < -0.4 is 0 Å². The van der Waals surface area contributed by atoms with Gasteiger partial charge in [0, 0.05) is 71.4 Å². The van der Waals surface area contributed by atoms with Gasteiger partial charge in [-0.1, -0.05) is 92.2 Å². The Morgan fingerprint density at radius 2 is 1.60 bits per heavy atom. The van der Waals surface area contributed by atoms with Gasteiger partial charge in [0.05, 0.1) is 5.58 Å². The third-order valence-electron chi connectivity index (χ3n) is 7.40. The van der Waals surface area contributed by atoms with Crippen molar-refractivity contribution in [3.8, 4) is 33.6 Å². The van der Waals surface area contributed by atoms with Crippen LogP contribution in [0.2, 0.25) is 0 Å². The van der Waals surface area contributed by atoms with Crippen molar-refractivity contribution in [2.24, 2.45) is 5.41 Å². The zero-order valence-electron chi connectivity index (χ0n) is 38.3. The van der Waals surface area contributed by atoms with E-state index < -0.39 is 33.2 Å². The van der Waals surface area contributed by atoms with Crippen LogP contribution in [-0.2, 0) is 26.5 Å². The molecular formula is C42H38FIrN3O-2. The summed E-state index contributed by atoms with van der Waals surface area (Å²) >= 11 is 0. The van der Waals surface area contributed by atoms with Crippen molar-refractivity contribution in [2.45, 2.75) is 54.6 Å². The monoisotopic (exact) mass is 824 g/mol. The number of benzene rings is 3. The molecule has 0 bridgehead atoms. The van der Waals surface area contributed by atoms with Gasteiger partial charge in [-0.2, -0.15) is 0 Å². The Kier molecular flexibility index (Phi) is 6.61. The molecule has 0 N–H and O–H groups in total. The van der Waals surface area contributed by atoms with E-state index in [-0.39, 0.29) is 64.9 Å². The minimum atomic E-state index is -2.42. The van der Waals surface area contributed by atoms with Gasteiger partial charge in [0.2, 0.25) is 5.71 Å². The van der Waals surface area contributed by atoms with Crippen molar-refractivity contribution in [1.82, 2.24) is 15.0 Å². The predicted molar refractivity (Wildman–Crippen MR) is 190 cm³/mol. The predicted octanol–water partition coefficient (Wildman–Crippen LogP) is 11.0. The number of pyridine rings is 3. The molecule has 48 heavy (non-hydrogen) atoms. The van der Waals surface area contributed by atoms with E-state index in [1.807, 2.05) is 51.1 Å². The summed E-state index contributed by atoms with van der Waals surface area (Å²) in [7, 11) is 0. The fraction of sp³-hybridized carbons (Fsp3) is 0.214. The topological polar surface area (TPSA) is 51.8 Å². The van der Waals surface area contributed by atoms with Crippen LogP contribution in [0.1, 0.15) is 65.2 Å². The fourth-order valence-corrected chi connectivity index (χ4v) is 5.27. The van der Waals surface area contributed by atoms with E-state index in [2.05, 4.69) is 27.1 Å². The van der Waals surface area contributed by atoms with Gasteiger partial charge in [-0.25, -0.2) is 4.98 Å². The summed E-state index contributed by atoms with van der Waals surface area (Å²) < 4.78 is 112. The van der Waals surface area contributed by atoms with Crippen LogP contribution in [0.3, 0.4) is 0 Å². The number of hydrogen-bond acceptors (Lipinski definition) is 4. The molecule has 0 fully saturated rings. The first-order valence-corrected chi connectivity index (χ1v) is 14.8. The second-order valence-corrected chi connectivity index (χ2v) is 12.3. The van der Waals surface area contributed by atoms with Crippen molar-refractivity contribution in [2.75, 3.05) is 0 Å². The maximum Gasteiger partial charge on any atom is 0.216 e. The largest absolute Gasteiger partial charge is 0.486 e. The molecule has 3 aromatic carbocycles. The second-order valence-electron chi connectivity index (χ2n) is 12.3. The van der Waals surface area contributed by atoms with E-state index in [1.165, 1.54) is 24.4 Å². The van der Waals surface area contributed by atoms with Crippen molar-refractivity contribution >= 4 is 22.1 Å². The smallest absolute Gasteiger partial charge is 0.216 e. The fourth-order valence-electron chi connectivity index (χ4n) is 5.27. The molecule has 4 aromatic heterocycles. The van der Waals surface area contributed by atoms with Gasteiger partial charge < -0.3 is 14.4 Å². The molecule has 0 atom stereocenters. The zero-order valence-corrected chi connectivity index (χ0v) is 28.7. The maximum absolute atomic E-state index is 14.4. The zero-order chi connectivity index (χ0) is 43.3. The normalized spacial score (nSPS) is 16.0. The molecule has 1 radical (unpaired) electrons. The Bertz CT molecular complexity index is 2650. The summed E-state index contributed by atoms with van der Waals surface area (Å²) in [5.74, 6) is -0.755. The number of hydrogen-bond donors (Lipinski definition) is 0. The first-order valence-electron chi connectivity index (χ1n) is 20.8. The minimum absolute atomic E-state index is 0. The van der Waals surface area contributed by atoms with Crippen molar-refractivity contribution in [1.29, 1.82) is 0 Å². The summed E-state index contributed by atoms with van der Waals surface area (Å²) in [4.78, 5) is 12.8. The molecule has 0 aliphatic heterocycles. The Labute approximate surface area is 312 Å². The molecule has 0 unspecified atom stereocenters. The number of furan rings is 1. The minimum Gasteiger partial charge on any atom is -0.486 e. The molecule has 0 saturated heterocycles. The number of halogens is 1. The number of rotatable bonds is 4. The number of nitrogens with zero attached hydrogens (tertiary/aromatic N) is 3. The van der Waals surface area contributed by atoms with Gasteiger partial charge in [0.25, 0.3) is 0 Å². The Morgan fingerprint density at radius 1 is 0.812 bits per heavy atom. The average Bonchev–Trinajstić information content (AvgIpc) is 3.51. The second kappa shape index (κ2) is 14.3. The number of aryl methyl sites for hydroxylation is 4. The molecule has 0 amide bonds. The Balaban J connectivity index is 0.000000231. The van der Waals surface area contributed by atoms with Crippen LogP contribution in [-0.4, -0.2) is 15.0 Å². The first-order chi connectivity index (χ1) is 27.3. The SMILES string of the molecule is [2H]C([2H])([2H])c1c[c-]c(-c2cc(CC(C)(C)C)c(C([2H])([2H])[2H])cn2)c(F)c1.[2H]C([2H])([2H])c1ccc2c(n1)oc1c(-c3cc(C([2H])([2H])[2H])c(-c4ccccc4)cn3)[c-]ccc12.[Ir]. The quantitative estimate of drug-likeness (QED) is 0.166. The Hall–Kier alpha value is -4.51. The van der Waals surface area contributed by atoms with Gasteiger partial charge in [0.1, 0.15) is 0 Å². The molecular weight excluding hydrogens is 774 g/mol. The molecule has 245 valence electrons. The van der Waals surface area contributed by atoms with Crippen LogP contribution in [0.4, 0.5) is 4.39 Å². The van der Waals surface area contributed by atoms with Gasteiger partial charge in [-0.3, -0.25) is 4.39 Å². The number of aromatic nitrogens is 3. The van der Waals surface area contributed by atoms with E-state index in [0.29, 0.717) is 45.2 Å². The number of fused-ring (bicyclic) bond motifs is 3. The van der Waals surface area contributed by atoms with Crippen molar-refractivity contribution in [3.05, 3.63) is 137 Å². The van der Waals surface area contributed by atoms with E-state index in [9.17, 15) is 4.39 Å². The molecule has 0 saturated carbocycles. The molecule has 0 aliphatic rings. The summed E-state index contributed by atoms with van der Waals surface area (Å²) in [6, 6.07) is 26.8. The van der Waals surface area contributed by atoms with Crippen LogP contribution in [0, 0.1) is 50.8 Å². The standard InChI is InChI=1S/C24H17N2O.C18H21FN.Ir/c1-15-13-22(25-14-21(15)17-7-4-3-5-8-17)20-10-6-9-18-19-12-11-16(2)26-24(19)27-23(18)20;1-12-6-7-15(16(19)8-12)17-9-14(10-18(3,4)5)13(2)11-20-17;/h3-9,11-14H,1-2H3;6,8-9,11H,10H2,1-5H3;/q2*-1;/i2*1D3,2D3;. The molecule has 7 aromatic rings. The van der Waals surface area contributed by atoms with Gasteiger partial charge in [-0.15, -0.1) is 42.0 Å². The molecule has 4 heterocycles. The van der Waals surface area contributed by atoms with E-state index >= 15 is 0 Å². The maximum atomic E-state index is 14.4. The van der Waals surface area contributed by atoms with Crippen LogP contribution in [0.5, 0.6) is 0 Å². The Morgan fingerprint density at radius 3 is 2.33 bits per heavy atom. The van der Waals surface area contributed by atoms with Crippen molar-refractivity contribution in [3.63, 3.8) is 0 Å². The molecule has 0 aliphatic carbocycles. The molecule has 7 rings (SSSR count). The summed E-state index contributed by atoms with van der Waals surface area (Å²) in [6.45, 7) is -3.52. The van der Waals surface area contributed by atoms with E-state index in [4.69, 9.17) is 20.9 Å². The van der Waals surface area contributed by atoms with Crippen LogP contribution in [0.25, 0.3) is 55.7 Å². The summed E-state index contributed by atoms with van der Waals surface area (Å²) in [5.41, 5.74) is 3.50. The van der Waals surface area contributed by atoms with Gasteiger partial charge in [0.15, 0.2) is 0 Å². The summed E-state index contributed by atoms with van der Waals surface area (Å²) in [5, 5.41) is 1.37. The molecule has 0 spiro atoms. The van der Waals surface area contributed by atoms with Crippen LogP contribution >= 0.6 is 0 Å². The molecule has 4 nitrogen and oxygen atoms in total. The first kappa shape index (κ1) is 22.2. The van der Waals surface area contributed by atoms with E-state index in [0.717, 1.165) is 11.6 Å². The van der Waals surface area contributed by atoms with Crippen molar-refractivity contribution < 1.29 is 45.4 Å². The van der Waals surface area contributed by atoms with Crippen LogP contribution in [0.15, 0.2) is 95.7 Å². The van der Waals surface area contributed by atoms with Gasteiger partial charge in [-0.05, 0) is 72.6 Å². The third-order valence-corrected chi connectivity index (χ3v) is 7.40. The summed E-state index contributed by atoms with van der Waals surface area (Å²) in [6.07, 6.45) is 3.27. The van der Waals surface area contributed by atoms with E-state index in [1.54, 1.807) is 30.5 Å². The molecule has 6 heteroatoms.